The van der Waals surface area contributed by atoms with E-state index in [1.165, 1.54) is 176 Å². The van der Waals surface area contributed by atoms with Gasteiger partial charge in [0.05, 0.1) is 0 Å². The first-order valence-electron chi connectivity index (χ1n) is 22.5. The fourth-order valence-electron chi connectivity index (χ4n) is 7.31. The number of aryl methyl sites for hydroxylation is 4. The normalized spacial score (nSPS) is 12.6. The molecule has 0 spiro atoms. The van der Waals surface area contributed by atoms with Gasteiger partial charge in [-0.1, -0.05) is 105 Å². The van der Waals surface area contributed by atoms with Gasteiger partial charge in [0.2, 0.25) is 11.4 Å². The van der Waals surface area contributed by atoms with Crippen LogP contribution in [0.15, 0.2) is 36.4 Å². The number of unbranched alkanes of at least 4 members (excludes halogenated alkanes) is 14. The second-order valence-electron chi connectivity index (χ2n) is 15.7. The third-order valence-corrected chi connectivity index (χ3v) is 13.2. The van der Waals surface area contributed by atoms with Crippen molar-refractivity contribution in [1.29, 1.82) is 0 Å². The Labute approximate surface area is 338 Å². The van der Waals surface area contributed by atoms with E-state index in [1.807, 2.05) is 0 Å². The van der Waals surface area contributed by atoms with Gasteiger partial charge in [0.25, 0.3) is 0 Å². The van der Waals surface area contributed by atoms with E-state index in [0.29, 0.717) is 0 Å². The van der Waals surface area contributed by atoms with Crippen molar-refractivity contribution in [3.8, 4) is 0 Å². The molecule has 0 N–H and O–H groups in total. The second-order valence-corrected chi connectivity index (χ2v) is 18.0. The molecule has 302 valence electrons. The van der Waals surface area contributed by atoms with Gasteiger partial charge >= 0.3 is 67.3 Å². The van der Waals surface area contributed by atoms with Crippen LogP contribution in [0.1, 0.15) is 214 Å². The molecule has 3 heteroatoms. The van der Waals surface area contributed by atoms with Crippen molar-refractivity contribution in [3.63, 3.8) is 0 Å². The monoisotopic (exact) mass is 817 g/mol. The van der Waals surface area contributed by atoms with Gasteiger partial charge in [0.1, 0.15) is 0 Å². The molecule has 2 nitrogen and oxygen atoms in total. The molecule has 0 amide bonds. The molecule has 0 fully saturated rings. The molecule has 2 aromatic carbocycles. The number of benzene rings is 2. The van der Waals surface area contributed by atoms with Gasteiger partial charge in [-0.2, -0.15) is 0 Å². The molecular weight excluding hydrogens is 735 g/mol. The Morgan fingerprint density at radius 3 is 0.962 bits per heavy atom. The molecule has 0 saturated carbocycles. The van der Waals surface area contributed by atoms with Gasteiger partial charge in [-0.05, 0) is 123 Å². The molecule has 0 radical (unpaired) electrons. The molecule has 53 heavy (non-hydrogen) atoms. The minimum atomic E-state index is 0.916. The van der Waals surface area contributed by atoms with Crippen molar-refractivity contribution >= 4 is 11.4 Å². The van der Waals surface area contributed by atoms with E-state index in [4.69, 9.17) is 0 Å². The topological polar surface area (TPSA) is 25.3 Å². The Morgan fingerprint density at radius 2 is 0.698 bits per heavy atom. The predicted molar refractivity (Wildman–Crippen MR) is 233 cm³/mol. The second kappa shape index (κ2) is 29.5. The van der Waals surface area contributed by atoms with Crippen molar-refractivity contribution < 1.29 is 22.7 Å². The number of rotatable bonds is 28. The van der Waals surface area contributed by atoms with E-state index in [2.05, 4.69) is 91.8 Å². The molecule has 0 aliphatic carbocycles. The van der Waals surface area contributed by atoms with E-state index in [1.54, 1.807) is 0 Å². The maximum absolute atomic E-state index is 11.7. The Morgan fingerprint density at radius 1 is 0.415 bits per heavy atom. The summed E-state index contributed by atoms with van der Waals surface area (Å²) in [6.07, 6.45) is 34.9. The molecule has 0 aromatic heterocycles. The molecule has 3 rings (SSSR count). The zero-order valence-corrected chi connectivity index (χ0v) is 37.6. The zero-order chi connectivity index (χ0) is 38.7. The Bertz CT molecular complexity index is 1200. The third-order valence-electron chi connectivity index (χ3n) is 11.0. The molecular formula is C50H82N2Pd. The summed E-state index contributed by atoms with van der Waals surface area (Å²) in [4.78, 5) is 3.01. The van der Waals surface area contributed by atoms with E-state index >= 15 is 0 Å². The fourth-order valence-corrected chi connectivity index (χ4v) is 9.57. The standard InChI is InChI=1S/C42H64N2.2C4H9.Pd/c1-7-11-15-19-23-35-29-39(30-36(33(35)5)24-20-16-12-8-2)41-27-28-42(44(41)43)40-31-37(25-21-17-13-9-3)34(6)38(32-40)26-22-18-14-10-4;2*1-3-4-2;/h27-32H,7-26H2,1-6H3;2*1,3-4H2,2H3;. The summed E-state index contributed by atoms with van der Waals surface area (Å²) in [7, 11) is 0. The average molecular weight is 818 g/mol. The quantitative estimate of drug-likeness (QED) is 0.0464. The van der Waals surface area contributed by atoms with Crippen LogP contribution in [0, 0.1) is 13.8 Å². The van der Waals surface area contributed by atoms with Crippen molar-refractivity contribution in [3.05, 3.63) is 86.5 Å². The first-order valence-corrected chi connectivity index (χ1v) is 24.7. The number of allylic oxidation sites excluding steroid dienone is 2. The number of hydrogen-bond donors (Lipinski definition) is 0. The van der Waals surface area contributed by atoms with E-state index < -0.39 is 0 Å². The first kappa shape index (κ1) is 47.3. The fraction of sp³-hybridized carbons (Fsp3) is 0.680. The van der Waals surface area contributed by atoms with Crippen LogP contribution in [0.3, 0.4) is 0 Å². The molecule has 0 atom stereocenters. The van der Waals surface area contributed by atoms with Gasteiger partial charge in [0.15, 0.2) is 0 Å². The Hall–Kier alpha value is -1.82. The summed E-state index contributed by atoms with van der Waals surface area (Å²) in [6, 6.07) is 9.48. The van der Waals surface area contributed by atoms with Crippen LogP contribution in [-0.2, 0) is 43.7 Å². The van der Waals surface area contributed by atoms with Crippen LogP contribution < -0.4 is 0 Å². The Balaban J connectivity index is 0.000000953. The zero-order valence-electron chi connectivity index (χ0n) is 36.1. The molecule has 0 bridgehead atoms. The SMILES string of the molecule is CCCCCCc1cc(C2=CC=C(c3cc(CCCCCC)c(C)c(CCCCCC)c3)[N+]2=[N-])cc(CCCCCC)c1C.CCC[CH2][Pd][CH2]CCC. The van der Waals surface area contributed by atoms with Crippen LogP contribution in [0.4, 0.5) is 0 Å². The molecule has 1 heterocycles. The van der Waals surface area contributed by atoms with Crippen LogP contribution >= 0.6 is 0 Å². The molecule has 2 aromatic rings. The van der Waals surface area contributed by atoms with Crippen LogP contribution in [0.2, 0.25) is 9.79 Å². The van der Waals surface area contributed by atoms with E-state index in [-0.39, 0.29) is 0 Å². The van der Waals surface area contributed by atoms with Crippen molar-refractivity contribution in [2.75, 3.05) is 0 Å². The summed E-state index contributed by atoms with van der Waals surface area (Å²) in [6.45, 7) is 18.3. The van der Waals surface area contributed by atoms with Gasteiger partial charge in [-0.15, -0.1) is 0 Å². The van der Waals surface area contributed by atoms with Gasteiger partial charge in [-0.25, -0.2) is 4.70 Å². The van der Waals surface area contributed by atoms with Crippen LogP contribution in [0.25, 0.3) is 16.9 Å². The van der Waals surface area contributed by atoms with E-state index in [0.717, 1.165) is 66.2 Å². The van der Waals surface area contributed by atoms with Gasteiger partial charge in [0, 0.05) is 23.3 Å². The minimum absolute atomic E-state index is 0.916. The molecule has 1 aliphatic heterocycles. The van der Waals surface area contributed by atoms with Crippen LogP contribution in [-0.4, -0.2) is 4.70 Å². The average Bonchev–Trinajstić information content (AvgIpc) is 3.55. The van der Waals surface area contributed by atoms with E-state index in [9.17, 15) is 5.53 Å². The summed E-state index contributed by atoms with van der Waals surface area (Å²) >= 11 is 1.07. The van der Waals surface area contributed by atoms with Gasteiger partial charge in [-0.3, -0.25) is 0 Å². The van der Waals surface area contributed by atoms with Gasteiger partial charge < -0.3 is 5.53 Å². The van der Waals surface area contributed by atoms with Crippen molar-refractivity contribution in [2.24, 2.45) is 0 Å². The Kier molecular flexibility index (Phi) is 26.3. The first-order chi connectivity index (χ1) is 25.9. The summed E-state index contributed by atoms with van der Waals surface area (Å²) in [5, 5.41) is 0. The summed E-state index contributed by atoms with van der Waals surface area (Å²) in [5.41, 5.74) is 24.7. The maximum atomic E-state index is 11.7. The molecule has 0 saturated heterocycles. The summed E-state index contributed by atoms with van der Waals surface area (Å²) in [5.74, 6) is 0. The predicted octanol–water partition coefficient (Wildman–Crippen LogP) is 16.7. The molecule has 1 aliphatic rings. The third kappa shape index (κ3) is 17.7. The number of hydrogen-bond acceptors (Lipinski definition) is 0. The van der Waals surface area contributed by atoms with Crippen molar-refractivity contribution in [1.82, 2.24) is 0 Å². The molecule has 0 unspecified atom stereocenters. The van der Waals surface area contributed by atoms with Crippen LogP contribution in [0.5, 0.6) is 0 Å². The summed E-state index contributed by atoms with van der Waals surface area (Å²) < 4.78 is 1.48. The van der Waals surface area contributed by atoms with Crippen molar-refractivity contribution in [2.45, 2.75) is 219 Å². The number of nitrogens with zero attached hydrogens (tertiary/aromatic N) is 2.